The average molecular weight is 276 g/mol. The maximum atomic E-state index is 13.2. The Morgan fingerprint density at radius 1 is 1.47 bits per heavy atom. The number of thiazole rings is 1. The molecule has 2 N–H and O–H groups in total. The van der Waals surface area contributed by atoms with E-state index in [1.807, 2.05) is 12.3 Å². The van der Waals surface area contributed by atoms with Crippen LogP contribution in [0.2, 0.25) is 0 Å². The van der Waals surface area contributed by atoms with Crippen molar-refractivity contribution in [3.05, 3.63) is 41.2 Å². The van der Waals surface area contributed by atoms with Gasteiger partial charge in [0.2, 0.25) is 4.96 Å². The van der Waals surface area contributed by atoms with Gasteiger partial charge in [-0.25, -0.2) is 8.91 Å². The lowest BCUT2D eigenvalue weighted by molar-refractivity contribution is 0.628. The van der Waals surface area contributed by atoms with Crippen LogP contribution in [0.15, 0.2) is 29.6 Å². The maximum Gasteiger partial charge on any atom is 0.212 e. The minimum atomic E-state index is -0.286. The highest BCUT2D eigenvalue weighted by Gasteiger charge is 2.12. The summed E-state index contributed by atoms with van der Waals surface area (Å²) in [6.45, 7) is 1.95. The second-order valence-corrected chi connectivity index (χ2v) is 5.39. The lowest BCUT2D eigenvalue weighted by atomic mass is 10.2. The van der Waals surface area contributed by atoms with Gasteiger partial charge in [-0.3, -0.25) is 0 Å². The molecule has 0 spiro atoms. The zero-order chi connectivity index (χ0) is 13.4. The van der Waals surface area contributed by atoms with Gasteiger partial charge in [-0.15, -0.1) is 16.4 Å². The third-order valence-electron chi connectivity index (χ3n) is 2.76. The molecule has 19 heavy (non-hydrogen) atoms. The summed E-state index contributed by atoms with van der Waals surface area (Å²) in [6.07, 6.45) is 0.742. The molecular weight excluding hydrogens is 263 g/mol. The van der Waals surface area contributed by atoms with Crippen LogP contribution >= 0.6 is 11.3 Å². The van der Waals surface area contributed by atoms with Crippen LogP contribution in [0.1, 0.15) is 12.6 Å². The van der Waals surface area contributed by atoms with Gasteiger partial charge in [0.1, 0.15) is 5.82 Å². The van der Waals surface area contributed by atoms with E-state index in [4.69, 9.17) is 5.73 Å². The molecule has 0 aliphatic heterocycles. The molecule has 2 aromatic heterocycles. The third-order valence-corrected chi connectivity index (χ3v) is 3.63. The summed E-state index contributed by atoms with van der Waals surface area (Å²) in [7, 11) is 0. The first-order valence-electron chi connectivity index (χ1n) is 5.98. The Kier molecular flexibility index (Phi) is 3.04. The molecule has 0 fully saturated rings. The zero-order valence-corrected chi connectivity index (χ0v) is 11.2. The number of aromatic nitrogens is 3. The van der Waals surface area contributed by atoms with Gasteiger partial charge < -0.3 is 5.73 Å². The second kappa shape index (κ2) is 4.71. The van der Waals surface area contributed by atoms with Crippen molar-refractivity contribution in [2.75, 3.05) is 0 Å². The lowest BCUT2D eigenvalue weighted by Crippen LogP contribution is -2.18. The fraction of sp³-hybridized carbons (Fsp3) is 0.231. The molecule has 3 rings (SSSR count). The quantitative estimate of drug-likeness (QED) is 0.799. The Bertz CT molecular complexity index is 716. The largest absolute Gasteiger partial charge is 0.328 e. The summed E-state index contributed by atoms with van der Waals surface area (Å²) in [5, 5.41) is 6.44. The summed E-state index contributed by atoms with van der Waals surface area (Å²) >= 11 is 1.52. The number of nitrogens with zero attached hydrogens (tertiary/aromatic N) is 3. The molecule has 0 saturated heterocycles. The summed E-state index contributed by atoms with van der Waals surface area (Å²) in [4.78, 5) is 5.22. The topological polar surface area (TPSA) is 56.2 Å². The fourth-order valence-corrected chi connectivity index (χ4v) is 2.78. The summed E-state index contributed by atoms with van der Waals surface area (Å²) in [6, 6.07) is 6.37. The molecule has 0 saturated carbocycles. The van der Waals surface area contributed by atoms with Crippen LogP contribution in [0, 0.1) is 5.82 Å². The Morgan fingerprint density at radius 2 is 2.32 bits per heavy atom. The highest BCUT2D eigenvalue weighted by atomic mass is 32.1. The van der Waals surface area contributed by atoms with Crippen molar-refractivity contribution in [2.45, 2.75) is 19.4 Å². The minimum absolute atomic E-state index is 0.0691. The molecule has 98 valence electrons. The molecule has 6 heteroatoms. The van der Waals surface area contributed by atoms with Gasteiger partial charge >= 0.3 is 0 Å². The van der Waals surface area contributed by atoms with Crippen LogP contribution in [-0.2, 0) is 6.42 Å². The smallest absolute Gasteiger partial charge is 0.212 e. The Hall–Kier alpha value is -1.79. The van der Waals surface area contributed by atoms with Crippen molar-refractivity contribution in [1.29, 1.82) is 0 Å². The van der Waals surface area contributed by atoms with Gasteiger partial charge in [-0.2, -0.15) is 4.98 Å². The molecule has 1 atom stereocenters. The molecule has 2 heterocycles. The van der Waals surface area contributed by atoms with Gasteiger partial charge in [0.15, 0.2) is 5.82 Å². The minimum Gasteiger partial charge on any atom is -0.328 e. The van der Waals surface area contributed by atoms with E-state index < -0.39 is 0 Å². The number of benzene rings is 1. The molecule has 1 unspecified atom stereocenters. The van der Waals surface area contributed by atoms with Crippen molar-refractivity contribution >= 4 is 16.3 Å². The molecule has 0 radical (unpaired) electrons. The van der Waals surface area contributed by atoms with E-state index >= 15 is 0 Å². The lowest BCUT2D eigenvalue weighted by Gasteiger charge is -2.01. The predicted octanol–water partition coefficient (Wildman–Crippen LogP) is 2.49. The van der Waals surface area contributed by atoms with Gasteiger partial charge in [-0.05, 0) is 19.1 Å². The van der Waals surface area contributed by atoms with Crippen LogP contribution in [-0.4, -0.2) is 20.6 Å². The first-order valence-corrected chi connectivity index (χ1v) is 6.86. The third kappa shape index (κ3) is 2.36. The van der Waals surface area contributed by atoms with Crippen LogP contribution in [0.3, 0.4) is 0 Å². The highest BCUT2D eigenvalue weighted by molar-refractivity contribution is 7.15. The van der Waals surface area contributed by atoms with Crippen LogP contribution in [0.5, 0.6) is 0 Å². The molecule has 0 aliphatic rings. The zero-order valence-electron chi connectivity index (χ0n) is 10.4. The molecule has 1 aromatic carbocycles. The summed E-state index contributed by atoms with van der Waals surface area (Å²) < 4.78 is 15.0. The van der Waals surface area contributed by atoms with E-state index in [0.717, 1.165) is 17.1 Å². The second-order valence-electron chi connectivity index (χ2n) is 4.55. The van der Waals surface area contributed by atoms with Gasteiger partial charge in [0.05, 0.1) is 5.69 Å². The Morgan fingerprint density at radius 3 is 3.05 bits per heavy atom. The molecule has 3 aromatic rings. The number of hydrogen-bond acceptors (Lipinski definition) is 4. The number of nitrogens with two attached hydrogens (primary N) is 1. The standard InChI is InChI=1S/C13H13FN4S/c1-8(15)5-11-7-19-13-16-12(17-18(11)13)9-3-2-4-10(14)6-9/h2-4,6-8H,5,15H2,1H3. The number of hydrogen-bond donors (Lipinski definition) is 1. The Balaban J connectivity index is 2.04. The van der Waals surface area contributed by atoms with Gasteiger partial charge in [-0.1, -0.05) is 12.1 Å². The fourth-order valence-electron chi connectivity index (χ4n) is 1.95. The van der Waals surface area contributed by atoms with Gasteiger partial charge in [0.25, 0.3) is 0 Å². The summed E-state index contributed by atoms with van der Waals surface area (Å²) in [5.41, 5.74) is 7.52. The van der Waals surface area contributed by atoms with E-state index in [1.54, 1.807) is 16.6 Å². The van der Waals surface area contributed by atoms with Crippen molar-refractivity contribution in [2.24, 2.45) is 5.73 Å². The van der Waals surface area contributed by atoms with Gasteiger partial charge in [0, 0.05) is 23.4 Å². The molecule has 0 bridgehead atoms. The number of fused-ring (bicyclic) bond motifs is 1. The summed E-state index contributed by atoms with van der Waals surface area (Å²) in [5.74, 6) is 0.253. The van der Waals surface area contributed by atoms with E-state index in [2.05, 4.69) is 10.1 Å². The van der Waals surface area contributed by atoms with Crippen LogP contribution in [0.25, 0.3) is 16.3 Å². The van der Waals surface area contributed by atoms with Crippen LogP contribution in [0.4, 0.5) is 4.39 Å². The molecule has 0 aliphatic carbocycles. The normalized spacial score (nSPS) is 13.0. The van der Waals surface area contributed by atoms with Crippen molar-refractivity contribution < 1.29 is 4.39 Å². The highest BCUT2D eigenvalue weighted by Crippen LogP contribution is 2.21. The predicted molar refractivity (Wildman–Crippen MR) is 73.6 cm³/mol. The molecular formula is C13H13FN4S. The first kappa shape index (κ1) is 12.3. The maximum absolute atomic E-state index is 13.2. The molecule has 4 nitrogen and oxygen atoms in total. The monoisotopic (exact) mass is 276 g/mol. The van der Waals surface area contributed by atoms with E-state index in [0.29, 0.717) is 11.4 Å². The van der Waals surface area contributed by atoms with Crippen molar-refractivity contribution in [1.82, 2.24) is 14.6 Å². The Labute approximate surface area is 113 Å². The van der Waals surface area contributed by atoms with Crippen molar-refractivity contribution in [3.63, 3.8) is 0 Å². The SMILES string of the molecule is CC(N)Cc1csc2nc(-c3cccc(F)c3)nn12. The number of halogens is 1. The van der Waals surface area contributed by atoms with Crippen LogP contribution < -0.4 is 5.73 Å². The van der Waals surface area contributed by atoms with Crippen molar-refractivity contribution in [3.8, 4) is 11.4 Å². The molecule has 0 amide bonds. The van der Waals surface area contributed by atoms with E-state index in [1.165, 1.54) is 23.5 Å². The van der Waals surface area contributed by atoms with E-state index in [-0.39, 0.29) is 11.9 Å². The van der Waals surface area contributed by atoms with E-state index in [9.17, 15) is 4.39 Å². The number of rotatable bonds is 3. The first-order chi connectivity index (χ1) is 9.13. The average Bonchev–Trinajstić information content (AvgIpc) is 2.91.